The van der Waals surface area contributed by atoms with Crippen LogP contribution in [0, 0.1) is 0 Å². The van der Waals surface area contributed by atoms with Gasteiger partial charge in [0, 0.05) is 26.6 Å². The van der Waals surface area contributed by atoms with Gasteiger partial charge in [0.15, 0.2) is 0 Å². The minimum absolute atomic E-state index is 0.186. The number of carbonyl (C=O) groups excluding carboxylic acids is 1. The standard InChI is InChI=1S/C15H30O3/c1-3-9-14(16)11-6-7-12-15(17)10-5-4-8-13-18-2/h15,17H,3-13H2,1-2H3. The Labute approximate surface area is 112 Å². The molecule has 18 heavy (non-hydrogen) atoms. The maximum Gasteiger partial charge on any atom is 0.132 e. The Morgan fingerprint density at radius 1 is 1.06 bits per heavy atom. The number of methoxy groups -OCH3 is 1. The first-order chi connectivity index (χ1) is 8.70. The highest BCUT2D eigenvalue weighted by molar-refractivity contribution is 5.78. The van der Waals surface area contributed by atoms with E-state index in [1.54, 1.807) is 7.11 Å². The number of carbonyl (C=O) groups is 1. The van der Waals surface area contributed by atoms with Crippen molar-refractivity contribution in [3.05, 3.63) is 0 Å². The summed E-state index contributed by atoms with van der Waals surface area (Å²) in [6.07, 6.45) is 9.05. The van der Waals surface area contributed by atoms with E-state index in [1.165, 1.54) is 0 Å². The van der Waals surface area contributed by atoms with Gasteiger partial charge in [-0.25, -0.2) is 0 Å². The summed E-state index contributed by atoms with van der Waals surface area (Å²) in [5.74, 6) is 0.367. The number of Topliss-reactive ketones (excluding diaryl/α,β-unsaturated/α-hetero) is 1. The quantitative estimate of drug-likeness (QED) is 0.514. The molecule has 0 aliphatic heterocycles. The summed E-state index contributed by atoms with van der Waals surface area (Å²) in [5, 5.41) is 9.76. The summed E-state index contributed by atoms with van der Waals surface area (Å²) in [6, 6.07) is 0. The molecule has 0 rings (SSSR count). The average molecular weight is 258 g/mol. The third-order valence-electron chi connectivity index (χ3n) is 3.16. The highest BCUT2D eigenvalue weighted by atomic mass is 16.5. The number of ketones is 1. The molecule has 0 heterocycles. The summed E-state index contributed by atoms with van der Waals surface area (Å²) in [6.45, 7) is 2.85. The monoisotopic (exact) mass is 258 g/mol. The summed E-state index contributed by atoms with van der Waals surface area (Å²) in [7, 11) is 1.72. The maximum absolute atomic E-state index is 11.3. The molecule has 3 nitrogen and oxygen atoms in total. The molecule has 0 saturated carbocycles. The first-order valence-corrected chi connectivity index (χ1v) is 7.39. The van der Waals surface area contributed by atoms with Crippen LogP contribution in [0.3, 0.4) is 0 Å². The summed E-state index contributed by atoms with van der Waals surface area (Å²) >= 11 is 0. The van der Waals surface area contributed by atoms with Gasteiger partial charge in [0.25, 0.3) is 0 Å². The van der Waals surface area contributed by atoms with Gasteiger partial charge in [-0.1, -0.05) is 26.2 Å². The SMILES string of the molecule is CCCC(=O)CCCCC(O)CCCCCOC. The van der Waals surface area contributed by atoms with Crippen molar-refractivity contribution in [1.82, 2.24) is 0 Å². The van der Waals surface area contributed by atoms with Crippen molar-refractivity contribution in [3.8, 4) is 0 Å². The molecule has 0 amide bonds. The highest BCUT2D eigenvalue weighted by Gasteiger charge is 2.05. The van der Waals surface area contributed by atoms with Crippen molar-refractivity contribution in [1.29, 1.82) is 0 Å². The van der Waals surface area contributed by atoms with Crippen LogP contribution in [-0.2, 0) is 9.53 Å². The molecule has 0 saturated heterocycles. The van der Waals surface area contributed by atoms with Gasteiger partial charge < -0.3 is 9.84 Å². The van der Waals surface area contributed by atoms with E-state index in [0.717, 1.165) is 58.0 Å². The Kier molecular flexibility index (Phi) is 12.7. The molecule has 1 N–H and O–H groups in total. The lowest BCUT2D eigenvalue weighted by molar-refractivity contribution is -0.119. The van der Waals surface area contributed by atoms with Crippen molar-refractivity contribution in [2.45, 2.75) is 77.2 Å². The third-order valence-corrected chi connectivity index (χ3v) is 3.16. The van der Waals surface area contributed by atoms with Crippen LogP contribution in [0.2, 0.25) is 0 Å². The van der Waals surface area contributed by atoms with Crippen LogP contribution in [0.25, 0.3) is 0 Å². The third kappa shape index (κ3) is 12.1. The predicted molar refractivity (Wildman–Crippen MR) is 74.7 cm³/mol. The van der Waals surface area contributed by atoms with Crippen LogP contribution in [0.1, 0.15) is 71.1 Å². The fraction of sp³-hybridized carbons (Fsp3) is 0.933. The van der Waals surface area contributed by atoms with E-state index in [0.29, 0.717) is 18.6 Å². The lowest BCUT2D eigenvalue weighted by Crippen LogP contribution is -2.07. The van der Waals surface area contributed by atoms with Gasteiger partial charge in [-0.15, -0.1) is 0 Å². The minimum Gasteiger partial charge on any atom is -0.393 e. The van der Waals surface area contributed by atoms with Crippen molar-refractivity contribution in [3.63, 3.8) is 0 Å². The Morgan fingerprint density at radius 3 is 2.33 bits per heavy atom. The van der Waals surface area contributed by atoms with Crippen molar-refractivity contribution >= 4 is 5.78 Å². The Bertz CT molecular complexity index is 192. The fourth-order valence-electron chi connectivity index (χ4n) is 2.05. The summed E-state index contributed by atoms with van der Waals surface area (Å²) in [5.41, 5.74) is 0. The number of hydrogen-bond donors (Lipinski definition) is 1. The van der Waals surface area contributed by atoms with Crippen LogP contribution in [-0.4, -0.2) is 30.7 Å². The predicted octanol–water partition coefficient (Wildman–Crippen LogP) is 3.48. The molecule has 3 heteroatoms. The van der Waals surface area contributed by atoms with Gasteiger partial charge in [-0.2, -0.15) is 0 Å². The summed E-state index contributed by atoms with van der Waals surface area (Å²) < 4.78 is 4.98. The van der Waals surface area contributed by atoms with E-state index in [2.05, 4.69) is 0 Å². The molecule has 0 aromatic carbocycles. The topological polar surface area (TPSA) is 46.5 Å². The van der Waals surface area contributed by atoms with Crippen LogP contribution >= 0.6 is 0 Å². The van der Waals surface area contributed by atoms with Gasteiger partial charge >= 0.3 is 0 Å². The Balaban J connectivity index is 3.26. The van der Waals surface area contributed by atoms with Gasteiger partial charge in [-0.05, 0) is 32.1 Å². The zero-order chi connectivity index (χ0) is 13.6. The number of ether oxygens (including phenoxy) is 1. The molecule has 0 radical (unpaired) electrons. The summed E-state index contributed by atoms with van der Waals surface area (Å²) in [4.78, 5) is 11.3. The van der Waals surface area contributed by atoms with Gasteiger partial charge in [0.2, 0.25) is 0 Å². The lowest BCUT2D eigenvalue weighted by Gasteiger charge is -2.09. The molecule has 0 spiro atoms. The largest absolute Gasteiger partial charge is 0.393 e. The first kappa shape index (κ1) is 17.6. The molecule has 108 valence electrons. The van der Waals surface area contributed by atoms with E-state index >= 15 is 0 Å². The van der Waals surface area contributed by atoms with E-state index < -0.39 is 0 Å². The van der Waals surface area contributed by atoms with Crippen molar-refractivity contribution < 1.29 is 14.6 Å². The van der Waals surface area contributed by atoms with Crippen LogP contribution in [0.15, 0.2) is 0 Å². The number of aliphatic hydroxyl groups excluding tert-OH is 1. The normalized spacial score (nSPS) is 12.6. The molecular formula is C15H30O3. The highest BCUT2D eigenvalue weighted by Crippen LogP contribution is 2.11. The molecule has 0 aliphatic rings. The number of hydrogen-bond acceptors (Lipinski definition) is 3. The van der Waals surface area contributed by atoms with Crippen LogP contribution in [0.5, 0.6) is 0 Å². The van der Waals surface area contributed by atoms with E-state index in [-0.39, 0.29) is 6.10 Å². The molecule has 0 aromatic rings. The van der Waals surface area contributed by atoms with Gasteiger partial charge in [0.1, 0.15) is 5.78 Å². The second-order valence-electron chi connectivity index (χ2n) is 5.03. The molecule has 1 atom stereocenters. The second-order valence-corrected chi connectivity index (χ2v) is 5.03. The molecule has 1 unspecified atom stereocenters. The molecular weight excluding hydrogens is 228 g/mol. The van der Waals surface area contributed by atoms with Crippen molar-refractivity contribution in [2.24, 2.45) is 0 Å². The lowest BCUT2D eigenvalue weighted by atomic mass is 10.0. The number of rotatable bonds is 13. The van der Waals surface area contributed by atoms with Gasteiger partial charge in [0.05, 0.1) is 6.10 Å². The molecule has 0 fully saturated rings. The van der Waals surface area contributed by atoms with E-state index in [9.17, 15) is 9.90 Å². The van der Waals surface area contributed by atoms with Crippen LogP contribution < -0.4 is 0 Å². The second kappa shape index (κ2) is 13.0. The number of aliphatic hydroxyl groups is 1. The Morgan fingerprint density at radius 2 is 1.72 bits per heavy atom. The van der Waals surface area contributed by atoms with Crippen molar-refractivity contribution in [2.75, 3.05) is 13.7 Å². The zero-order valence-corrected chi connectivity index (χ0v) is 12.1. The van der Waals surface area contributed by atoms with Gasteiger partial charge in [-0.3, -0.25) is 4.79 Å². The average Bonchev–Trinajstić information content (AvgIpc) is 2.35. The van der Waals surface area contributed by atoms with E-state index in [1.807, 2.05) is 6.92 Å². The fourth-order valence-corrected chi connectivity index (χ4v) is 2.05. The smallest absolute Gasteiger partial charge is 0.132 e. The van der Waals surface area contributed by atoms with Crippen LogP contribution in [0.4, 0.5) is 0 Å². The maximum atomic E-state index is 11.3. The zero-order valence-electron chi connectivity index (χ0n) is 12.1. The van der Waals surface area contributed by atoms with E-state index in [4.69, 9.17) is 4.74 Å². The number of unbranched alkanes of at least 4 members (excludes halogenated alkanes) is 3. The first-order valence-electron chi connectivity index (χ1n) is 7.39. The minimum atomic E-state index is -0.186. The molecule has 0 aliphatic carbocycles. The Hall–Kier alpha value is -0.410. The molecule has 0 aromatic heterocycles. The molecule has 0 bridgehead atoms.